The third kappa shape index (κ3) is 10.5. The summed E-state index contributed by atoms with van der Waals surface area (Å²) in [6.07, 6.45) is 0.375. The number of carboxylic acids is 1. The molecule has 0 aliphatic carbocycles. The molecule has 1 aliphatic rings. The fourth-order valence-electron chi connectivity index (χ4n) is 3.99. The molecular weight excluding hydrogens is 534 g/mol. The number of fused-ring (bicyclic) bond motifs is 1. The Morgan fingerprint density at radius 3 is 2.41 bits per heavy atom. The van der Waals surface area contributed by atoms with Crippen molar-refractivity contribution in [3.63, 3.8) is 0 Å². The van der Waals surface area contributed by atoms with Crippen molar-refractivity contribution in [2.75, 3.05) is 28.7 Å². The number of hydrogen-bond donors (Lipinski definition) is 7. The molecule has 1 aromatic carbocycles. The van der Waals surface area contributed by atoms with E-state index in [9.17, 15) is 19.5 Å². The fourth-order valence-corrected chi connectivity index (χ4v) is 3.99. The van der Waals surface area contributed by atoms with Gasteiger partial charge in [-0.2, -0.15) is 0 Å². The van der Waals surface area contributed by atoms with E-state index in [2.05, 4.69) is 31.2 Å². The molecular formula is C27H41N7O7. The van der Waals surface area contributed by atoms with Gasteiger partial charge in [-0.25, -0.2) is 19.6 Å². The fraction of sp³-hybridized carbons (Fsp3) is 0.519. The van der Waals surface area contributed by atoms with E-state index in [-0.39, 0.29) is 6.03 Å². The van der Waals surface area contributed by atoms with Gasteiger partial charge >= 0.3 is 12.0 Å². The van der Waals surface area contributed by atoms with Crippen LogP contribution in [0.1, 0.15) is 52.5 Å². The van der Waals surface area contributed by atoms with Crippen LogP contribution in [0.3, 0.4) is 0 Å². The summed E-state index contributed by atoms with van der Waals surface area (Å²) in [5.41, 5.74) is 1.49. The molecule has 41 heavy (non-hydrogen) atoms. The molecule has 1 aromatic heterocycles. The van der Waals surface area contributed by atoms with Crippen LogP contribution in [0.2, 0.25) is 0 Å². The summed E-state index contributed by atoms with van der Waals surface area (Å²) < 4.78 is 5.94. The molecule has 0 spiro atoms. The first kappa shape index (κ1) is 33.2. The van der Waals surface area contributed by atoms with Crippen LogP contribution in [0.4, 0.5) is 22.1 Å². The molecule has 14 heteroatoms. The van der Waals surface area contributed by atoms with Crippen molar-refractivity contribution in [1.29, 1.82) is 0 Å². The highest BCUT2D eigenvalue weighted by Gasteiger charge is 2.32. The summed E-state index contributed by atoms with van der Waals surface area (Å²) in [6.45, 7) is 8.04. The molecule has 3 atom stereocenters. The molecule has 2 aromatic rings. The Morgan fingerprint density at radius 1 is 1.12 bits per heavy atom. The number of hydrogen-bond acceptors (Lipinski definition) is 10. The maximum absolute atomic E-state index is 12.6. The molecule has 0 saturated carbocycles. The normalized spacial score (nSPS) is 14.1. The minimum absolute atomic E-state index is 0.306. The predicted octanol–water partition coefficient (Wildman–Crippen LogP) is 1.86. The lowest BCUT2D eigenvalue weighted by Gasteiger charge is -2.29. The molecule has 3 rings (SSSR count). The maximum Gasteiger partial charge on any atom is 0.326 e. The number of amides is 3. The monoisotopic (exact) mass is 575 g/mol. The molecule has 226 valence electrons. The molecule has 1 aliphatic heterocycles. The topological polar surface area (TPSA) is 198 Å². The molecule has 7 N–H and O–H groups in total. The quantitative estimate of drug-likeness (QED) is 0.172. The Balaban J connectivity index is 0.000000493. The third-order valence-corrected chi connectivity index (χ3v) is 6.01. The van der Waals surface area contributed by atoms with Gasteiger partial charge in [-0.1, -0.05) is 50.6 Å². The van der Waals surface area contributed by atoms with Crippen molar-refractivity contribution in [3.05, 3.63) is 42.2 Å². The number of ether oxygens (including phenoxy) is 1. The lowest BCUT2D eigenvalue weighted by atomic mass is 10.1. The van der Waals surface area contributed by atoms with Gasteiger partial charge in [0.15, 0.2) is 17.9 Å². The molecule has 3 unspecified atom stereocenters. The summed E-state index contributed by atoms with van der Waals surface area (Å²) in [5.74, 6) is -0.679. The van der Waals surface area contributed by atoms with Crippen LogP contribution in [0, 0.1) is 0 Å². The molecule has 14 nitrogen and oxygen atoms in total. The van der Waals surface area contributed by atoms with Gasteiger partial charge in [-0.15, -0.1) is 0 Å². The Bertz CT molecular complexity index is 1120. The number of benzene rings is 1. The van der Waals surface area contributed by atoms with Crippen LogP contribution < -0.4 is 26.2 Å². The van der Waals surface area contributed by atoms with Crippen LogP contribution in [-0.4, -0.2) is 81.1 Å². The number of aliphatic hydroxyl groups excluding tert-OH is 1. The van der Waals surface area contributed by atoms with Crippen LogP contribution in [0.5, 0.6) is 0 Å². The van der Waals surface area contributed by atoms with Gasteiger partial charge in [0.05, 0.1) is 6.67 Å². The highest BCUT2D eigenvalue weighted by molar-refractivity contribution is 5.94. The van der Waals surface area contributed by atoms with Crippen molar-refractivity contribution < 1.29 is 34.4 Å². The first-order valence-electron chi connectivity index (χ1n) is 13.6. The van der Waals surface area contributed by atoms with E-state index in [4.69, 9.17) is 14.9 Å². The predicted molar refractivity (Wildman–Crippen MR) is 153 cm³/mol. The first-order chi connectivity index (χ1) is 19.6. The molecule has 0 radical (unpaired) electrons. The lowest BCUT2D eigenvalue weighted by Crippen LogP contribution is -2.48. The van der Waals surface area contributed by atoms with Crippen molar-refractivity contribution in [1.82, 2.24) is 20.6 Å². The standard InChI is InChI=1S/C19H31N7O5.C8H10O2/c1-5-8-12(18(28)29)24-17(27)13(6-2)31-11(4)26-10-23-14-15(21-9-22-16(14)26)25-19(30)20-7-3;9-8(10)6-7-4-2-1-3-5-7/h9,11-13,23H,5-8,10H2,1-4H3,(H,24,27)(H,28,29)(H2,20,21,22,25,30);1-5,8-10H,6H2. The minimum atomic E-state index is -1.23. The lowest BCUT2D eigenvalue weighted by molar-refractivity contribution is -0.145. The van der Waals surface area contributed by atoms with Gasteiger partial charge < -0.3 is 40.9 Å². The van der Waals surface area contributed by atoms with Crippen LogP contribution in [0.15, 0.2) is 36.7 Å². The van der Waals surface area contributed by atoms with E-state index in [1.54, 1.807) is 18.7 Å². The second kappa shape index (κ2) is 16.9. The van der Waals surface area contributed by atoms with Gasteiger partial charge in [-0.3, -0.25) is 10.1 Å². The summed E-state index contributed by atoms with van der Waals surface area (Å²) >= 11 is 0. The van der Waals surface area contributed by atoms with Gasteiger partial charge in [0.2, 0.25) is 5.91 Å². The Labute approximate surface area is 239 Å². The number of carbonyl (C=O) groups excluding carboxylic acids is 2. The molecule has 0 saturated heterocycles. The summed E-state index contributed by atoms with van der Waals surface area (Å²) in [6, 6.07) is 8.03. The average molecular weight is 576 g/mol. The molecule has 2 heterocycles. The zero-order chi connectivity index (χ0) is 30.4. The zero-order valence-electron chi connectivity index (χ0n) is 23.8. The zero-order valence-corrected chi connectivity index (χ0v) is 23.8. The van der Waals surface area contributed by atoms with E-state index >= 15 is 0 Å². The second-order valence-corrected chi connectivity index (χ2v) is 9.20. The maximum atomic E-state index is 12.6. The number of nitrogens with one attached hydrogen (secondary N) is 4. The van der Waals surface area contributed by atoms with Gasteiger partial charge in [0, 0.05) is 13.0 Å². The van der Waals surface area contributed by atoms with Gasteiger partial charge in [-0.05, 0) is 32.3 Å². The number of carbonyl (C=O) groups is 3. The van der Waals surface area contributed by atoms with Crippen LogP contribution in [0.25, 0.3) is 0 Å². The van der Waals surface area contributed by atoms with Crippen molar-refractivity contribution in [3.8, 4) is 0 Å². The number of rotatable bonds is 13. The smallest absolute Gasteiger partial charge is 0.326 e. The van der Waals surface area contributed by atoms with Gasteiger partial charge in [0.1, 0.15) is 30.4 Å². The van der Waals surface area contributed by atoms with Crippen LogP contribution in [-0.2, 0) is 20.7 Å². The largest absolute Gasteiger partial charge is 0.480 e. The molecule has 3 amide bonds. The summed E-state index contributed by atoms with van der Waals surface area (Å²) in [7, 11) is 0. The third-order valence-electron chi connectivity index (χ3n) is 6.01. The van der Waals surface area contributed by atoms with Crippen molar-refractivity contribution in [2.24, 2.45) is 0 Å². The number of aromatic nitrogens is 2. The second-order valence-electron chi connectivity index (χ2n) is 9.20. The van der Waals surface area contributed by atoms with Crippen molar-refractivity contribution >= 4 is 35.2 Å². The number of anilines is 3. The SMILES string of the molecule is CCCC(NC(=O)C(CC)OC(C)N1CNc2c(NC(=O)NCC)ncnc21)C(=O)O.OC(O)Cc1ccccc1. The van der Waals surface area contributed by atoms with E-state index in [0.29, 0.717) is 56.2 Å². The number of urea groups is 1. The summed E-state index contributed by atoms with van der Waals surface area (Å²) in [4.78, 5) is 45.9. The average Bonchev–Trinajstić information content (AvgIpc) is 3.37. The number of nitrogens with zero attached hydrogens (tertiary/aromatic N) is 3. The van der Waals surface area contributed by atoms with Crippen LogP contribution >= 0.6 is 0 Å². The summed E-state index contributed by atoms with van der Waals surface area (Å²) in [5, 5.41) is 37.4. The molecule has 0 fully saturated rings. The van der Waals surface area contributed by atoms with E-state index in [1.807, 2.05) is 44.2 Å². The number of aliphatic carboxylic acids is 1. The van der Waals surface area contributed by atoms with E-state index in [0.717, 1.165) is 5.56 Å². The Hall–Kier alpha value is -4.01. The highest BCUT2D eigenvalue weighted by Crippen LogP contribution is 2.35. The first-order valence-corrected chi connectivity index (χ1v) is 13.6. The Morgan fingerprint density at radius 2 is 1.83 bits per heavy atom. The van der Waals surface area contributed by atoms with Crippen molar-refractivity contribution in [2.45, 2.75) is 78.0 Å². The minimum Gasteiger partial charge on any atom is -0.480 e. The number of carboxylic acid groups (broad SMARTS) is 1. The Kier molecular flexibility index (Phi) is 13.7. The van der Waals surface area contributed by atoms with Gasteiger partial charge in [0.25, 0.3) is 0 Å². The highest BCUT2D eigenvalue weighted by atomic mass is 16.5. The molecule has 0 bridgehead atoms. The van der Waals surface area contributed by atoms with E-state index < -0.39 is 36.5 Å². The van der Waals surface area contributed by atoms with E-state index in [1.165, 1.54) is 6.33 Å². The number of aliphatic hydroxyl groups is 2.